The minimum atomic E-state index is -0.378. The first-order valence-electron chi connectivity index (χ1n) is 10.3. The van der Waals surface area contributed by atoms with Crippen LogP contribution in [-0.2, 0) is 9.53 Å². The molecule has 0 unspecified atom stereocenters. The van der Waals surface area contributed by atoms with E-state index in [1.165, 1.54) is 22.3 Å². The van der Waals surface area contributed by atoms with E-state index in [9.17, 15) is 9.59 Å². The largest absolute Gasteiger partial charge is 0.449 e. The molecular formula is C25H25NO3S. The van der Waals surface area contributed by atoms with Crippen molar-refractivity contribution in [1.82, 2.24) is 5.32 Å². The van der Waals surface area contributed by atoms with Gasteiger partial charge in [-0.1, -0.05) is 54.6 Å². The number of rotatable bonds is 7. The molecule has 4 nitrogen and oxygen atoms in total. The van der Waals surface area contributed by atoms with Gasteiger partial charge < -0.3 is 10.1 Å². The normalized spacial score (nSPS) is 15.9. The molecular weight excluding hydrogens is 394 g/mol. The number of hydrogen-bond donors (Lipinski definition) is 1. The van der Waals surface area contributed by atoms with Gasteiger partial charge in [-0.3, -0.25) is 4.79 Å². The van der Waals surface area contributed by atoms with E-state index in [0.717, 1.165) is 17.1 Å². The van der Waals surface area contributed by atoms with Crippen LogP contribution >= 0.6 is 11.8 Å². The lowest BCUT2D eigenvalue weighted by molar-refractivity contribution is -0.113. The fourth-order valence-electron chi connectivity index (χ4n) is 3.89. The number of nitrogens with one attached hydrogen (secondary N) is 1. The summed E-state index contributed by atoms with van der Waals surface area (Å²) in [7, 11) is 0. The smallest absolute Gasteiger partial charge is 0.407 e. The second kappa shape index (κ2) is 9.35. The molecule has 1 amide bonds. The monoisotopic (exact) mass is 419 g/mol. The Morgan fingerprint density at radius 3 is 2.40 bits per heavy atom. The number of thioether (sulfide) groups is 1. The van der Waals surface area contributed by atoms with Crippen molar-refractivity contribution in [1.29, 1.82) is 0 Å². The number of hydrogen-bond acceptors (Lipinski definition) is 4. The van der Waals surface area contributed by atoms with Crippen molar-refractivity contribution in [3.63, 3.8) is 0 Å². The molecule has 0 heterocycles. The van der Waals surface area contributed by atoms with E-state index in [0.29, 0.717) is 13.0 Å². The van der Waals surface area contributed by atoms with Crippen molar-refractivity contribution >= 4 is 23.6 Å². The number of carbonyl (C=O) groups excluding carboxylic acids is 2. The third-order valence-corrected chi connectivity index (χ3v) is 6.54. The van der Waals surface area contributed by atoms with Crippen LogP contribution in [0.25, 0.3) is 11.1 Å². The molecule has 2 aromatic carbocycles. The molecule has 2 aromatic rings. The summed E-state index contributed by atoms with van der Waals surface area (Å²) in [6.07, 6.45) is 6.37. The highest BCUT2D eigenvalue weighted by Gasteiger charge is 2.29. The average Bonchev–Trinajstić information content (AvgIpc) is 3.07. The van der Waals surface area contributed by atoms with Gasteiger partial charge in [-0.05, 0) is 53.5 Å². The highest BCUT2D eigenvalue weighted by Crippen LogP contribution is 2.44. The molecule has 0 saturated carbocycles. The van der Waals surface area contributed by atoms with Gasteiger partial charge in [-0.2, -0.15) is 0 Å². The molecule has 0 bridgehead atoms. The zero-order valence-electron chi connectivity index (χ0n) is 17.0. The van der Waals surface area contributed by atoms with E-state index in [4.69, 9.17) is 4.74 Å². The lowest BCUT2D eigenvalue weighted by Gasteiger charge is -2.17. The molecule has 0 saturated heterocycles. The molecule has 2 aliphatic carbocycles. The van der Waals surface area contributed by atoms with Crippen LogP contribution in [-0.4, -0.2) is 30.3 Å². The summed E-state index contributed by atoms with van der Waals surface area (Å²) < 4.78 is 5.60. The Bertz CT molecular complexity index is 965. The number of benzene rings is 2. The highest BCUT2D eigenvalue weighted by molar-refractivity contribution is 8.03. The summed E-state index contributed by atoms with van der Waals surface area (Å²) in [5.74, 6) is 1.08. The van der Waals surface area contributed by atoms with Gasteiger partial charge in [0.1, 0.15) is 6.61 Å². The standard InChI is InChI=1S/C25H25NO3S/c1-17(14-15-30-19-12-10-18(27)11-13-19)26-25(28)29-16-24-22-8-4-2-6-20(22)21-7-3-5-9-23(21)24/h2-10,12-13,17,24H,11,14-16H2,1H3,(H,26,28)/t17-/m1/s1. The Morgan fingerprint density at radius 2 is 1.77 bits per heavy atom. The Hall–Kier alpha value is -2.79. The van der Waals surface area contributed by atoms with Crippen molar-refractivity contribution < 1.29 is 14.3 Å². The Labute approximate surface area is 181 Å². The molecule has 0 fully saturated rings. The molecule has 154 valence electrons. The Kier molecular flexibility index (Phi) is 6.38. The quantitative estimate of drug-likeness (QED) is 0.648. The number of fused-ring (bicyclic) bond motifs is 3. The van der Waals surface area contributed by atoms with Crippen LogP contribution < -0.4 is 5.32 Å². The first kappa shape index (κ1) is 20.5. The van der Waals surface area contributed by atoms with Crippen molar-refractivity contribution in [3.8, 4) is 11.1 Å². The zero-order valence-corrected chi connectivity index (χ0v) is 17.8. The summed E-state index contributed by atoms with van der Waals surface area (Å²) in [5, 5.41) is 2.93. The van der Waals surface area contributed by atoms with Gasteiger partial charge in [0.15, 0.2) is 5.78 Å². The van der Waals surface area contributed by atoms with Crippen molar-refractivity contribution in [2.45, 2.75) is 31.7 Å². The number of ether oxygens (including phenoxy) is 1. The van der Waals surface area contributed by atoms with Gasteiger partial charge >= 0.3 is 6.09 Å². The van der Waals surface area contributed by atoms with Crippen LogP contribution in [0, 0.1) is 0 Å². The van der Waals surface area contributed by atoms with Crippen LogP contribution in [0.4, 0.5) is 4.79 Å². The predicted molar refractivity (Wildman–Crippen MR) is 122 cm³/mol. The summed E-state index contributed by atoms with van der Waals surface area (Å²) >= 11 is 1.70. The fraction of sp³-hybridized carbons (Fsp3) is 0.280. The number of amides is 1. The van der Waals surface area contributed by atoms with Gasteiger partial charge in [0, 0.05) is 23.3 Å². The molecule has 0 aliphatic heterocycles. The number of allylic oxidation sites excluding steroid dienone is 3. The summed E-state index contributed by atoms with van der Waals surface area (Å²) in [5.41, 5.74) is 4.87. The van der Waals surface area contributed by atoms with Crippen molar-refractivity contribution in [3.05, 3.63) is 82.8 Å². The van der Waals surface area contributed by atoms with Crippen LogP contribution in [0.1, 0.15) is 36.8 Å². The average molecular weight is 420 g/mol. The maximum absolute atomic E-state index is 12.3. The third-order valence-electron chi connectivity index (χ3n) is 5.47. The van der Waals surface area contributed by atoms with E-state index in [1.807, 2.05) is 43.3 Å². The molecule has 0 radical (unpaired) electrons. The number of alkyl carbamates (subject to hydrolysis) is 1. The highest BCUT2D eigenvalue weighted by atomic mass is 32.2. The second-order valence-electron chi connectivity index (χ2n) is 7.62. The molecule has 2 aliphatic rings. The topological polar surface area (TPSA) is 55.4 Å². The van der Waals surface area contributed by atoms with Crippen LogP contribution in [0.2, 0.25) is 0 Å². The molecule has 1 atom stereocenters. The minimum absolute atomic E-state index is 0.0166. The van der Waals surface area contributed by atoms with Crippen LogP contribution in [0.3, 0.4) is 0 Å². The summed E-state index contributed by atoms with van der Waals surface area (Å²) in [6.45, 7) is 2.31. The van der Waals surface area contributed by atoms with Crippen molar-refractivity contribution in [2.24, 2.45) is 0 Å². The SMILES string of the molecule is C[C@H](CCSC1=CCC(=O)C=C1)NC(=O)OCC1c2ccccc2-c2ccccc21. The predicted octanol–water partition coefficient (Wildman–Crippen LogP) is 5.45. The van der Waals surface area contributed by atoms with Crippen LogP contribution in [0.15, 0.2) is 71.7 Å². The van der Waals surface area contributed by atoms with E-state index in [-0.39, 0.29) is 23.8 Å². The van der Waals surface area contributed by atoms with E-state index >= 15 is 0 Å². The van der Waals surface area contributed by atoms with E-state index in [1.54, 1.807) is 17.8 Å². The molecule has 4 rings (SSSR count). The first-order chi connectivity index (χ1) is 14.6. The maximum atomic E-state index is 12.3. The maximum Gasteiger partial charge on any atom is 0.407 e. The summed E-state index contributed by atoms with van der Waals surface area (Å²) in [6, 6.07) is 16.6. The Balaban J connectivity index is 1.26. The molecule has 30 heavy (non-hydrogen) atoms. The molecule has 5 heteroatoms. The van der Waals surface area contributed by atoms with Crippen molar-refractivity contribution in [2.75, 3.05) is 12.4 Å². The van der Waals surface area contributed by atoms with Gasteiger partial charge in [0.05, 0.1) is 0 Å². The number of carbonyl (C=O) groups is 2. The fourth-order valence-corrected chi connectivity index (χ4v) is 4.96. The summed E-state index contributed by atoms with van der Waals surface area (Å²) in [4.78, 5) is 24.7. The molecule has 1 N–H and O–H groups in total. The lowest BCUT2D eigenvalue weighted by atomic mass is 9.98. The second-order valence-corrected chi connectivity index (χ2v) is 8.79. The lowest BCUT2D eigenvalue weighted by Crippen LogP contribution is -2.34. The molecule has 0 spiro atoms. The van der Waals surface area contributed by atoms with Gasteiger partial charge in [-0.15, -0.1) is 11.8 Å². The van der Waals surface area contributed by atoms with Crippen LogP contribution in [0.5, 0.6) is 0 Å². The van der Waals surface area contributed by atoms with Gasteiger partial charge in [0.2, 0.25) is 0 Å². The molecule has 0 aromatic heterocycles. The minimum Gasteiger partial charge on any atom is -0.449 e. The Morgan fingerprint density at radius 1 is 1.10 bits per heavy atom. The zero-order chi connectivity index (χ0) is 20.9. The van der Waals surface area contributed by atoms with Gasteiger partial charge in [0.25, 0.3) is 0 Å². The van der Waals surface area contributed by atoms with Gasteiger partial charge in [-0.25, -0.2) is 4.79 Å². The first-order valence-corrected chi connectivity index (χ1v) is 11.3. The van der Waals surface area contributed by atoms with E-state index < -0.39 is 0 Å². The third kappa shape index (κ3) is 4.68. The number of ketones is 1. The van der Waals surface area contributed by atoms with E-state index in [2.05, 4.69) is 29.6 Å².